The lowest BCUT2D eigenvalue weighted by Crippen LogP contribution is -2.13. The maximum absolute atomic E-state index is 12.4. The van der Waals surface area contributed by atoms with Crippen LogP contribution in [0.3, 0.4) is 0 Å². The Kier molecular flexibility index (Phi) is 5.24. The van der Waals surface area contributed by atoms with E-state index in [1.807, 2.05) is 6.92 Å². The van der Waals surface area contributed by atoms with Gasteiger partial charge in [-0.2, -0.15) is 0 Å². The van der Waals surface area contributed by atoms with Gasteiger partial charge >= 0.3 is 5.97 Å². The highest BCUT2D eigenvalue weighted by molar-refractivity contribution is 6.34. The third-order valence-corrected chi connectivity index (χ3v) is 3.64. The zero-order valence-electron chi connectivity index (χ0n) is 13.0. The third-order valence-electron chi connectivity index (χ3n) is 3.31. The van der Waals surface area contributed by atoms with E-state index in [2.05, 4.69) is 10.1 Å². The van der Waals surface area contributed by atoms with Crippen LogP contribution in [-0.2, 0) is 4.74 Å². The quantitative estimate of drug-likeness (QED) is 0.866. The van der Waals surface area contributed by atoms with Gasteiger partial charge in [-0.05, 0) is 42.8 Å². The largest absolute Gasteiger partial charge is 0.496 e. The monoisotopic (exact) mass is 333 g/mol. The minimum atomic E-state index is -0.505. The molecule has 0 heterocycles. The fourth-order valence-electron chi connectivity index (χ4n) is 2.02. The predicted octanol–water partition coefficient (Wildman–Crippen LogP) is 3.70. The maximum atomic E-state index is 12.4. The van der Waals surface area contributed by atoms with Crippen molar-refractivity contribution in [1.82, 2.24) is 0 Å². The lowest BCUT2D eigenvalue weighted by Gasteiger charge is -2.10. The Morgan fingerprint density at radius 2 is 1.74 bits per heavy atom. The second kappa shape index (κ2) is 7.15. The molecule has 120 valence electrons. The van der Waals surface area contributed by atoms with Crippen molar-refractivity contribution in [3.63, 3.8) is 0 Å². The van der Waals surface area contributed by atoms with E-state index in [1.165, 1.54) is 25.3 Å². The van der Waals surface area contributed by atoms with Crippen LogP contribution in [0.4, 0.5) is 5.69 Å². The number of rotatable bonds is 4. The molecular weight excluding hydrogens is 318 g/mol. The molecule has 1 N–H and O–H groups in total. The van der Waals surface area contributed by atoms with E-state index in [-0.39, 0.29) is 5.91 Å². The zero-order chi connectivity index (χ0) is 17.0. The van der Waals surface area contributed by atoms with Crippen LogP contribution in [0.15, 0.2) is 36.4 Å². The first-order valence-electron chi connectivity index (χ1n) is 6.80. The van der Waals surface area contributed by atoms with Gasteiger partial charge < -0.3 is 14.8 Å². The third kappa shape index (κ3) is 3.81. The summed E-state index contributed by atoms with van der Waals surface area (Å²) in [6.07, 6.45) is 0. The summed E-state index contributed by atoms with van der Waals surface area (Å²) in [5.74, 6) is -0.242. The fraction of sp³-hybridized carbons (Fsp3) is 0.176. The van der Waals surface area contributed by atoms with E-state index >= 15 is 0 Å². The summed E-state index contributed by atoms with van der Waals surface area (Å²) in [6, 6.07) is 9.64. The number of esters is 1. The molecule has 0 unspecified atom stereocenters. The number of carbonyl (C=O) groups is 2. The lowest BCUT2D eigenvalue weighted by molar-refractivity contribution is 0.0600. The van der Waals surface area contributed by atoms with Gasteiger partial charge in [-0.25, -0.2) is 4.79 Å². The van der Waals surface area contributed by atoms with Gasteiger partial charge in [0.05, 0.1) is 30.5 Å². The number of ether oxygens (including phenoxy) is 2. The topological polar surface area (TPSA) is 64.6 Å². The predicted molar refractivity (Wildman–Crippen MR) is 88.5 cm³/mol. The number of anilines is 1. The molecule has 0 aliphatic rings. The second-order valence-corrected chi connectivity index (χ2v) is 5.23. The van der Waals surface area contributed by atoms with E-state index in [9.17, 15) is 9.59 Å². The molecule has 0 spiro atoms. The summed E-state index contributed by atoms with van der Waals surface area (Å²) < 4.78 is 9.86. The van der Waals surface area contributed by atoms with Crippen molar-refractivity contribution in [3.8, 4) is 5.75 Å². The minimum absolute atomic E-state index is 0.300. The zero-order valence-corrected chi connectivity index (χ0v) is 13.7. The number of carbonyl (C=O) groups excluding carboxylic acids is 2. The molecule has 6 heteroatoms. The minimum Gasteiger partial charge on any atom is -0.496 e. The van der Waals surface area contributed by atoms with Crippen molar-refractivity contribution in [2.45, 2.75) is 6.92 Å². The van der Waals surface area contributed by atoms with Crippen molar-refractivity contribution in [1.29, 1.82) is 0 Å². The van der Waals surface area contributed by atoms with Gasteiger partial charge in [0.15, 0.2) is 0 Å². The van der Waals surface area contributed by atoms with E-state index in [0.29, 0.717) is 27.6 Å². The van der Waals surface area contributed by atoms with Crippen molar-refractivity contribution in [3.05, 3.63) is 58.1 Å². The molecule has 2 aromatic rings. The molecule has 5 nitrogen and oxygen atoms in total. The molecule has 1 amide bonds. The molecule has 23 heavy (non-hydrogen) atoms. The van der Waals surface area contributed by atoms with Gasteiger partial charge in [-0.15, -0.1) is 0 Å². The Labute approximate surface area is 139 Å². The Morgan fingerprint density at radius 1 is 1.04 bits per heavy atom. The van der Waals surface area contributed by atoms with E-state index in [4.69, 9.17) is 16.3 Å². The average Bonchev–Trinajstić information content (AvgIpc) is 2.56. The first-order chi connectivity index (χ1) is 11.0. The van der Waals surface area contributed by atoms with Gasteiger partial charge in [0.25, 0.3) is 5.91 Å². The number of halogens is 1. The Bertz CT molecular complexity index is 758. The SMILES string of the molecule is COC(=O)c1ccc(Cl)c(NC(=O)c2ccc(C)c(OC)c2)c1. The van der Waals surface area contributed by atoms with Crippen LogP contribution < -0.4 is 10.1 Å². The first kappa shape index (κ1) is 16.8. The number of aryl methyl sites for hydroxylation is 1. The smallest absolute Gasteiger partial charge is 0.337 e. The number of hydrogen-bond donors (Lipinski definition) is 1. The number of benzene rings is 2. The summed E-state index contributed by atoms with van der Waals surface area (Å²) in [4.78, 5) is 23.9. The van der Waals surface area contributed by atoms with Crippen molar-refractivity contribution >= 4 is 29.2 Å². The van der Waals surface area contributed by atoms with Gasteiger partial charge in [0.1, 0.15) is 5.75 Å². The summed E-state index contributed by atoms with van der Waals surface area (Å²) in [7, 11) is 2.83. The molecule has 0 saturated carbocycles. The van der Waals surface area contributed by atoms with E-state index < -0.39 is 5.97 Å². The van der Waals surface area contributed by atoms with E-state index in [0.717, 1.165) is 5.56 Å². The van der Waals surface area contributed by atoms with Gasteiger partial charge in [0, 0.05) is 5.56 Å². The Balaban J connectivity index is 2.28. The molecule has 0 saturated heterocycles. The van der Waals surface area contributed by atoms with E-state index in [1.54, 1.807) is 25.3 Å². The van der Waals surface area contributed by atoms with Crippen LogP contribution in [0.25, 0.3) is 0 Å². The van der Waals surface area contributed by atoms with Crippen molar-refractivity contribution < 1.29 is 19.1 Å². The molecule has 0 aliphatic carbocycles. The number of nitrogens with one attached hydrogen (secondary N) is 1. The number of methoxy groups -OCH3 is 2. The molecular formula is C17H16ClNO4. The number of hydrogen-bond acceptors (Lipinski definition) is 4. The maximum Gasteiger partial charge on any atom is 0.337 e. The number of amides is 1. The highest BCUT2D eigenvalue weighted by Gasteiger charge is 2.13. The standard InChI is InChI=1S/C17H16ClNO4/c1-10-4-5-11(9-15(10)22-2)16(20)19-14-8-12(17(21)23-3)6-7-13(14)18/h4-9H,1-3H3,(H,19,20). The highest BCUT2D eigenvalue weighted by atomic mass is 35.5. The summed E-state index contributed by atoms with van der Waals surface area (Å²) in [5, 5.41) is 3.01. The first-order valence-corrected chi connectivity index (χ1v) is 7.18. The average molecular weight is 334 g/mol. The Morgan fingerprint density at radius 3 is 2.39 bits per heavy atom. The molecule has 0 bridgehead atoms. The molecule has 0 aliphatic heterocycles. The molecule has 0 aromatic heterocycles. The highest BCUT2D eigenvalue weighted by Crippen LogP contribution is 2.25. The van der Waals surface area contributed by atoms with Crippen LogP contribution in [0.1, 0.15) is 26.3 Å². The van der Waals surface area contributed by atoms with Crippen LogP contribution in [0, 0.1) is 6.92 Å². The molecule has 0 radical (unpaired) electrons. The molecule has 0 atom stereocenters. The molecule has 2 rings (SSSR count). The van der Waals surface area contributed by atoms with Crippen LogP contribution >= 0.6 is 11.6 Å². The summed E-state index contributed by atoms with van der Waals surface area (Å²) in [5.41, 5.74) is 1.98. The van der Waals surface area contributed by atoms with Crippen molar-refractivity contribution in [2.75, 3.05) is 19.5 Å². The van der Waals surface area contributed by atoms with Crippen LogP contribution in [-0.4, -0.2) is 26.1 Å². The fourth-order valence-corrected chi connectivity index (χ4v) is 2.19. The second-order valence-electron chi connectivity index (χ2n) is 4.82. The normalized spacial score (nSPS) is 10.1. The lowest BCUT2D eigenvalue weighted by atomic mass is 10.1. The van der Waals surface area contributed by atoms with Crippen LogP contribution in [0.2, 0.25) is 5.02 Å². The van der Waals surface area contributed by atoms with Crippen LogP contribution in [0.5, 0.6) is 5.75 Å². The van der Waals surface area contributed by atoms with Crippen molar-refractivity contribution in [2.24, 2.45) is 0 Å². The Hall–Kier alpha value is -2.53. The summed E-state index contributed by atoms with van der Waals surface area (Å²) >= 11 is 6.07. The molecule has 2 aromatic carbocycles. The van der Waals surface area contributed by atoms with Gasteiger partial charge in [0.2, 0.25) is 0 Å². The molecule has 0 fully saturated rings. The van der Waals surface area contributed by atoms with Gasteiger partial charge in [-0.3, -0.25) is 4.79 Å². The summed E-state index contributed by atoms with van der Waals surface area (Å²) in [6.45, 7) is 1.89. The van der Waals surface area contributed by atoms with Gasteiger partial charge in [-0.1, -0.05) is 17.7 Å².